The molecule has 0 spiro atoms. The predicted molar refractivity (Wildman–Crippen MR) is 74.2 cm³/mol. The number of aliphatic hydroxyl groups excluding tert-OH is 1. The fourth-order valence-corrected chi connectivity index (χ4v) is 2.21. The van der Waals surface area contributed by atoms with Crippen LogP contribution >= 0.6 is 0 Å². The van der Waals surface area contributed by atoms with Crippen molar-refractivity contribution in [2.45, 2.75) is 58.4 Å². The first kappa shape index (κ1) is 19.8. The van der Waals surface area contributed by atoms with E-state index in [-0.39, 0.29) is 6.61 Å². The molecule has 1 fully saturated rings. The van der Waals surface area contributed by atoms with Gasteiger partial charge in [-0.2, -0.15) is 0 Å². The third-order valence-corrected chi connectivity index (χ3v) is 2.97. The molecule has 1 heterocycles. The van der Waals surface area contributed by atoms with Crippen molar-refractivity contribution < 1.29 is 48.0 Å². The van der Waals surface area contributed by atoms with Gasteiger partial charge >= 0.3 is 23.9 Å². The number of hydrogen-bond acceptors (Lipinski definition) is 10. The highest BCUT2D eigenvalue weighted by molar-refractivity contribution is 5.68. The van der Waals surface area contributed by atoms with Gasteiger partial charge in [0, 0.05) is 27.7 Å². The summed E-state index contributed by atoms with van der Waals surface area (Å²) in [7, 11) is 0. The van der Waals surface area contributed by atoms with E-state index in [1.807, 2.05) is 0 Å². The highest BCUT2D eigenvalue weighted by Gasteiger charge is 2.51. The van der Waals surface area contributed by atoms with E-state index in [9.17, 15) is 24.3 Å². The van der Waals surface area contributed by atoms with Gasteiger partial charge in [0.1, 0.15) is 12.7 Å². The fraction of sp³-hybridized carbons (Fsp3) is 0.714. The van der Waals surface area contributed by atoms with E-state index in [0.29, 0.717) is 0 Å². The zero-order chi connectivity index (χ0) is 18.4. The summed E-state index contributed by atoms with van der Waals surface area (Å²) < 4.78 is 25.0. The molecule has 0 bridgehead atoms. The van der Waals surface area contributed by atoms with Gasteiger partial charge in [-0.15, -0.1) is 0 Å². The molecule has 0 saturated carbocycles. The maximum absolute atomic E-state index is 11.3. The van der Waals surface area contributed by atoms with Crippen molar-refractivity contribution in [1.82, 2.24) is 0 Å². The summed E-state index contributed by atoms with van der Waals surface area (Å²) in [4.78, 5) is 44.9. The largest absolute Gasteiger partial charge is 0.463 e. The zero-order valence-corrected chi connectivity index (χ0v) is 13.7. The Bertz CT molecular complexity index is 502. The van der Waals surface area contributed by atoms with E-state index in [2.05, 4.69) is 0 Å². The number of hydrogen-bond donors (Lipinski definition) is 1. The first-order valence-electron chi connectivity index (χ1n) is 7.10. The Morgan fingerprint density at radius 2 is 1.25 bits per heavy atom. The minimum absolute atomic E-state index is 0.366. The van der Waals surface area contributed by atoms with Crippen molar-refractivity contribution in [3.05, 3.63) is 0 Å². The molecule has 2 unspecified atom stereocenters. The van der Waals surface area contributed by atoms with E-state index in [4.69, 9.17) is 23.7 Å². The molecular formula is C14H20O10. The second kappa shape index (κ2) is 8.60. The lowest BCUT2D eigenvalue weighted by Gasteiger charge is -2.42. The van der Waals surface area contributed by atoms with Gasteiger partial charge in [0.15, 0.2) is 24.6 Å². The van der Waals surface area contributed by atoms with Crippen LogP contribution in [0.5, 0.6) is 0 Å². The van der Waals surface area contributed by atoms with Crippen LogP contribution in [-0.4, -0.2) is 66.3 Å². The lowest BCUT2D eigenvalue weighted by atomic mass is 9.98. The Kier molecular flexibility index (Phi) is 7.11. The number of aliphatic hydroxyl groups is 1. The Labute approximate surface area is 137 Å². The Morgan fingerprint density at radius 1 is 0.792 bits per heavy atom. The fourth-order valence-electron chi connectivity index (χ4n) is 2.21. The van der Waals surface area contributed by atoms with Gasteiger partial charge in [-0.25, -0.2) is 0 Å². The minimum atomic E-state index is -1.68. The standard InChI is InChI=1S/C14H20O10/c1-6(15)20-5-10-11(21-7(2)16)12(22-8(3)17)13(14(19)24-10)23-9(4)18/h10-14,19H,5H2,1-4H3/t10?,11-,12+,13?,14+/m1/s1. The van der Waals surface area contributed by atoms with Gasteiger partial charge in [-0.1, -0.05) is 0 Å². The lowest BCUT2D eigenvalue weighted by molar-refractivity contribution is -0.296. The first-order chi connectivity index (χ1) is 11.1. The number of carbonyl (C=O) groups excluding carboxylic acids is 4. The molecule has 1 aliphatic rings. The summed E-state index contributed by atoms with van der Waals surface area (Å²) in [6.07, 6.45) is -6.79. The smallest absolute Gasteiger partial charge is 0.303 e. The first-order valence-corrected chi connectivity index (χ1v) is 7.10. The van der Waals surface area contributed by atoms with Crippen molar-refractivity contribution in [2.24, 2.45) is 0 Å². The normalized spacial score (nSPS) is 29.3. The molecule has 0 radical (unpaired) electrons. The van der Waals surface area contributed by atoms with E-state index < -0.39 is 54.6 Å². The molecule has 5 atom stereocenters. The quantitative estimate of drug-likeness (QED) is 0.490. The third-order valence-electron chi connectivity index (χ3n) is 2.97. The number of ether oxygens (including phenoxy) is 5. The van der Waals surface area contributed by atoms with Gasteiger partial charge < -0.3 is 28.8 Å². The van der Waals surface area contributed by atoms with Crippen LogP contribution in [0.3, 0.4) is 0 Å². The summed E-state index contributed by atoms with van der Waals surface area (Å²) in [5.41, 5.74) is 0. The number of esters is 4. The summed E-state index contributed by atoms with van der Waals surface area (Å²) >= 11 is 0. The molecule has 24 heavy (non-hydrogen) atoms. The molecule has 1 aliphatic heterocycles. The molecule has 136 valence electrons. The Morgan fingerprint density at radius 3 is 1.71 bits per heavy atom. The van der Waals surface area contributed by atoms with Gasteiger partial charge in [-0.3, -0.25) is 19.2 Å². The average molecular weight is 348 g/mol. The summed E-state index contributed by atoms with van der Waals surface area (Å²) in [6, 6.07) is 0. The highest BCUT2D eigenvalue weighted by Crippen LogP contribution is 2.28. The third kappa shape index (κ3) is 5.78. The Hall–Kier alpha value is -2.20. The summed E-state index contributed by atoms with van der Waals surface area (Å²) in [6.45, 7) is 4.09. The molecule has 0 aromatic heterocycles. The lowest BCUT2D eigenvalue weighted by Crippen LogP contribution is -2.62. The van der Waals surface area contributed by atoms with Crippen LogP contribution in [0.25, 0.3) is 0 Å². The van der Waals surface area contributed by atoms with Crippen molar-refractivity contribution in [3.63, 3.8) is 0 Å². The molecule has 1 rings (SSSR count). The van der Waals surface area contributed by atoms with Crippen molar-refractivity contribution in [1.29, 1.82) is 0 Å². The monoisotopic (exact) mass is 348 g/mol. The molecule has 0 aromatic rings. The minimum Gasteiger partial charge on any atom is -0.463 e. The molecule has 0 aliphatic carbocycles. The maximum Gasteiger partial charge on any atom is 0.303 e. The van der Waals surface area contributed by atoms with Crippen molar-refractivity contribution >= 4 is 23.9 Å². The second-order valence-corrected chi connectivity index (χ2v) is 5.09. The van der Waals surface area contributed by atoms with E-state index >= 15 is 0 Å². The van der Waals surface area contributed by atoms with Crippen LogP contribution in [0, 0.1) is 0 Å². The topological polar surface area (TPSA) is 135 Å². The second-order valence-electron chi connectivity index (χ2n) is 5.09. The van der Waals surface area contributed by atoms with Gasteiger partial charge in [0.05, 0.1) is 0 Å². The van der Waals surface area contributed by atoms with Crippen LogP contribution in [0.2, 0.25) is 0 Å². The van der Waals surface area contributed by atoms with E-state index in [0.717, 1.165) is 27.7 Å². The molecule has 10 nitrogen and oxygen atoms in total. The molecular weight excluding hydrogens is 328 g/mol. The van der Waals surface area contributed by atoms with Crippen molar-refractivity contribution in [3.8, 4) is 0 Å². The molecule has 0 amide bonds. The molecule has 1 saturated heterocycles. The van der Waals surface area contributed by atoms with Crippen molar-refractivity contribution in [2.75, 3.05) is 6.61 Å². The van der Waals surface area contributed by atoms with Crippen LogP contribution in [0.15, 0.2) is 0 Å². The molecule has 0 aromatic carbocycles. The summed E-state index contributed by atoms with van der Waals surface area (Å²) in [5.74, 6) is -2.87. The summed E-state index contributed by atoms with van der Waals surface area (Å²) in [5, 5.41) is 10.0. The zero-order valence-electron chi connectivity index (χ0n) is 13.7. The maximum atomic E-state index is 11.3. The average Bonchev–Trinajstić information content (AvgIpc) is 2.42. The van der Waals surface area contributed by atoms with Gasteiger partial charge in [-0.05, 0) is 0 Å². The van der Waals surface area contributed by atoms with E-state index in [1.54, 1.807) is 0 Å². The van der Waals surface area contributed by atoms with Gasteiger partial charge in [0.25, 0.3) is 0 Å². The van der Waals surface area contributed by atoms with Crippen LogP contribution in [0.4, 0.5) is 0 Å². The van der Waals surface area contributed by atoms with E-state index in [1.165, 1.54) is 0 Å². The number of carbonyl (C=O) groups is 4. The molecule has 1 N–H and O–H groups in total. The van der Waals surface area contributed by atoms with Gasteiger partial charge in [0.2, 0.25) is 0 Å². The SMILES string of the molecule is CC(=O)OCC1O[C@H](O)C(OC(C)=O)[C@@H](OC(C)=O)[C@@H]1OC(C)=O. The van der Waals surface area contributed by atoms with Crippen LogP contribution in [-0.2, 0) is 42.9 Å². The number of rotatable bonds is 5. The molecule has 10 heteroatoms. The van der Waals surface area contributed by atoms with Crippen LogP contribution in [0.1, 0.15) is 27.7 Å². The Balaban J connectivity index is 3.11. The van der Waals surface area contributed by atoms with Crippen LogP contribution < -0.4 is 0 Å². The highest BCUT2D eigenvalue weighted by atomic mass is 16.7. The predicted octanol–water partition coefficient (Wildman–Crippen LogP) is -0.938.